The molecule has 0 amide bonds. The van der Waals surface area contributed by atoms with Crippen LogP contribution in [0.1, 0.15) is 16.7 Å². The van der Waals surface area contributed by atoms with E-state index in [1.54, 1.807) is 18.2 Å². The van der Waals surface area contributed by atoms with E-state index >= 15 is 0 Å². The quantitative estimate of drug-likeness (QED) is 0.934. The molecule has 1 N–H and O–H groups in total. The van der Waals surface area contributed by atoms with Crippen molar-refractivity contribution in [3.05, 3.63) is 65.2 Å². The molecule has 0 aliphatic carbocycles. The Bertz CT molecular complexity index is 672. The van der Waals surface area contributed by atoms with Gasteiger partial charge in [-0.15, -0.1) is 0 Å². The van der Waals surface area contributed by atoms with Gasteiger partial charge in [0.1, 0.15) is 18.0 Å². The van der Waals surface area contributed by atoms with Gasteiger partial charge in [0.05, 0.1) is 24.8 Å². The lowest BCUT2D eigenvalue weighted by molar-refractivity contribution is -0.184. The predicted octanol–water partition coefficient (Wildman–Crippen LogP) is 2.36. The maximum absolute atomic E-state index is 10.3. The highest BCUT2D eigenvalue weighted by molar-refractivity contribution is 5.46. The fourth-order valence-electron chi connectivity index (χ4n) is 2.30. The van der Waals surface area contributed by atoms with Crippen LogP contribution in [0.15, 0.2) is 48.5 Å². The van der Waals surface area contributed by atoms with Crippen LogP contribution in [-0.2, 0) is 16.9 Å². The third-order valence-corrected chi connectivity index (χ3v) is 3.54. The molecule has 0 atom stereocenters. The Hall–Kier alpha value is -2.35. The van der Waals surface area contributed by atoms with Crippen LogP contribution in [0.25, 0.3) is 0 Å². The molecule has 21 heavy (non-hydrogen) atoms. The molecule has 1 fully saturated rings. The summed E-state index contributed by atoms with van der Waals surface area (Å²) >= 11 is 0. The van der Waals surface area contributed by atoms with E-state index in [-0.39, 0.29) is 13.2 Å². The number of ether oxygens (including phenoxy) is 2. The summed E-state index contributed by atoms with van der Waals surface area (Å²) in [4.78, 5) is 0. The fourth-order valence-corrected chi connectivity index (χ4v) is 2.30. The summed E-state index contributed by atoms with van der Waals surface area (Å²) < 4.78 is 10.7. The summed E-state index contributed by atoms with van der Waals surface area (Å²) in [5.41, 5.74) is 1.05. The molecule has 1 heterocycles. The second-order valence-corrected chi connectivity index (χ2v) is 5.12. The summed E-state index contributed by atoms with van der Waals surface area (Å²) in [7, 11) is 0. The predicted molar refractivity (Wildman–Crippen MR) is 76.6 cm³/mol. The number of hydrogen-bond donors (Lipinski definition) is 1. The molecule has 1 saturated heterocycles. The molecular weight excluding hydrogens is 266 g/mol. The number of benzene rings is 2. The summed E-state index contributed by atoms with van der Waals surface area (Å²) in [6, 6.07) is 17.1. The Balaban J connectivity index is 1.77. The van der Waals surface area contributed by atoms with Crippen molar-refractivity contribution >= 4 is 0 Å². The van der Waals surface area contributed by atoms with E-state index in [1.165, 1.54) is 0 Å². The van der Waals surface area contributed by atoms with Gasteiger partial charge in [0.15, 0.2) is 0 Å². The van der Waals surface area contributed by atoms with Crippen molar-refractivity contribution in [1.82, 2.24) is 0 Å². The van der Waals surface area contributed by atoms with Crippen LogP contribution in [-0.4, -0.2) is 18.3 Å². The number of nitriles is 1. The summed E-state index contributed by atoms with van der Waals surface area (Å²) in [5.74, 6) is 0.614. The average Bonchev–Trinajstić information content (AvgIpc) is 2.51. The van der Waals surface area contributed by atoms with Gasteiger partial charge in [-0.25, -0.2) is 0 Å². The minimum absolute atomic E-state index is 0.228. The minimum atomic E-state index is -1.04. The Morgan fingerprint density at radius 2 is 1.95 bits per heavy atom. The topological polar surface area (TPSA) is 62.5 Å². The zero-order valence-corrected chi connectivity index (χ0v) is 11.5. The van der Waals surface area contributed by atoms with E-state index < -0.39 is 5.60 Å². The Morgan fingerprint density at radius 3 is 2.57 bits per heavy atom. The van der Waals surface area contributed by atoms with E-state index in [1.807, 2.05) is 30.3 Å². The molecule has 0 spiro atoms. The van der Waals surface area contributed by atoms with E-state index in [0.29, 0.717) is 23.5 Å². The first-order valence-corrected chi connectivity index (χ1v) is 6.73. The van der Waals surface area contributed by atoms with Crippen molar-refractivity contribution in [1.29, 1.82) is 5.26 Å². The van der Waals surface area contributed by atoms with E-state index in [9.17, 15) is 10.4 Å². The molecule has 2 aromatic carbocycles. The van der Waals surface area contributed by atoms with Crippen molar-refractivity contribution in [3.8, 4) is 11.8 Å². The summed E-state index contributed by atoms with van der Waals surface area (Å²) in [6.07, 6.45) is 0. The van der Waals surface area contributed by atoms with E-state index in [4.69, 9.17) is 9.47 Å². The zero-order valence-electron chi connectivity index (χ0n) is 11.5. The van der Waals surface area contributed by atoms with Gasteiger partial charge in [-0.2, -0.15) is 5.26 Å². The molecule has 0 aromatic heterocycles. The van der Waals surface area contributed by atoms with Crippen molar-refractivity contribution in [3.63, 3.8) is 0 Å². The highest BCUT2D eigenvalue weighted by Crippen LogP contribution is 2.33. The standard InChI is InChI=1S/C17H15NO3/c18-9-14-8-15(21-10-13-4-2-1-3-5-13)6-7-16(14)17(19)11-20-12-17/h1-8,19H,10-12H2. The molecule has 1 aliphatic heterocycles. The van der Waals surface area contributed by atoms with Gasteiger partial charge in [0, 0.05) is 5.56 Å². The lowest BCUT2D eigenvalue weighted by Gasteiger charge is -2.37. The molecule has 0 unspecified atom stereocenters. The van der Waals surface area contributed by atoms with Crippen molar-refractivity contribution in [2.45, 2.75) is 12.2 Å². The van der Waals surface area contributed by atoms with Gasteiger partial charge in [-0.05, 0) is 17.7 Å². The van der Waals surface area contributed by atoms with Gasteiger partial charge in [-0.3, -0.25) is 0 Å². The number of rotatable bonds is 4. The second-order valence-electron chi connectivity index (χ2n) is 5.12. The highest BCUT2D eigenvalue weighted by atomic mass is 16.5. The summed E-state index contributed by atoms with van der Waals surface area (Å²) in [5, 5.41) is 19.5. The monoisotopic (exact) mass is 281 g/mol. The van der Waals surface area contributed by atoms with Gasteiger partial charge < -0.3 is 14.6 Å². The van der Waals surface area contributed by atoms with Crippen molar-refractivity contribution < 1.29 is 14.6 Å². The Morgan fingerprint density at radius 1 is 1.19 bits per heavy atom. The number of aliphatic hydroxyl groups is 1. The van der Waals surface area contributed by atoms with Gasteiger partial charge in [0.2, 0.25) is 0 Å². The lowest BCUT2D eigenvalue weighted by Crippen LogP contribution is -2.47. The minimum Gasteiger partial charge on any atom is -0.489 e. The smallest absolute Gasteiger partial charge is 0.137 e. The normalized spacial score (nSPS) is 15.8. The molecule has 4 nitrogen and oxygen atoms in total. The van der Waals surface area contributed by atoms with Crippen molar-refractivity contribution in [2.75, 3.05) is 13.2 Å². The molecule has 4 heteroatoms. The molecule has 0 radical (unpaired) electrons. The van der Waals surface area contributed by atoms with Crippen LogP contribution in [0.2, 0.25) is 0 Å². The van der Waals surface area contributed by atoms with Crippen LogP contribution in [0.5, 0.6) is 5.75 Å². The molecular formula is C17H15NO3. The Labute approximate surface area is 123 Å². The van der Waals surface area contributed by atoms with Crippen LogP contribution in [0.4, 0.5) is 0 Å². The maximum Gasteiger partial charge on any atom is 0.137 e. The number of hydrogen-bond acceptors (Lipinski definition) is 4. The zero-order chi connectivity index (χ0) is 14.7. The molecule has 106 valence electrons. The third kappa shape index (κ3) is 2.75. The first-order chi connectivity index (χ1) is 10.2. The first kappa shape index (κ1) is 13.6. The molecule has 3 rings (SSSR count). The SMILES string of the molecule is N#Cc1cc(OCc2ccccc2)ccc1C1(O)COC1. The summed E-state index contributed by atoms with van der Waals surface area (Å²) in [6.45, 7) is 0.899. The van der Waals surface area contributed by atoms with Crippen LogP contribution >= 0.6 is 0 Å². The van der Waals surface area contributed by atoms with E-state index in [2.05, 4.69) is 6.07 Å². The van der Waals surface area contributed by atoms with Crippen LogP contribution in [0, 0.1) is 11.3 Å². The molecule has 0 bridgehead atoms. The van der Waals surface area contributed by atoms with Gasteiger partial charge >= 0.3 is 0 Å². The fraction of sp³-hybridized carbons (Fsp3) is 0.235. The van der Waals surface area contributed by atoms with E-state index in [0.717, 1.165) is 5.56 Å². The van der Waals surface area contributed by atoms with Crippen molar-refractivity contribution in [2.24, 2.45) is 0 Å². The highest BCUT2D eigenvalue weighted by Gasteiger charge is 2.39. The molecule has 1 aliphatic rings. The number of nitrogens with zero attached hydrogens (tertiary/aromatic N) is 1. The Kier molecular flexibility index (Phi) is 3.61. The second kappa shape index (κ2) is 5.57. The lowest BCUT2D eigenvalue weighted by atomic mass is 9.88. The maximum atomic E-state index is 10.3. The average molecular weight is 281 g/mol. The molecule has 2 aromatic rings. The molecule has 0 saturated carbocycles. The van der Waals surface area contributed by atoms with Crippen LogP contribution in [0.3, 0.4) is 0 Å². The third-order valence-electron chi connectivity index (χ3n) is 3.54. The largest absolute Gasteiger partial charge is 0.489 e. The van der Waals surface area contributed by atoms with Gasteiger partial charge in [0.25, 0.3) is 0 Å². The first-order valence-electron chi connectivity index (χ1n) is 6.73. The van der Waals surface area contributed by atoms with Gasteiger partial charge in [-0.1, -0.05) is 36.4 Å². The van der Waals surface area contributed by atoms with Crippen LogP contribution < -0.4 is 4.74 Å².